The summed E-state index contributed by atoms with van der Waals surface area (Å²) in [5, 5.41) is 0.563. The van der Waals surface area contributed by atoms with Gasteiger partial charge in [0, 0.05) is 34.6 Å². The van der Waals surface area contributed by atoms with Crippen molar-refractivity contribution >= 4 is 35.4 Å². The lowest BCUT2D eigenvalue weighted by Crippen LogP contribution is -2.14. The van der Waals surface area contributed by atoms with Gasteiger partial charge in [0.15, 0.2) is 6.61 Å². The molecule has 0 unspecified atom stereocenters. The van der Waals surface area contributed by atoms with Crippen LogP contribution in [0.4, 0.5) is 0 Å². The average Bonchev–Trinajstić information content (AvgIpc) is 2.96. The normalized spacial score (nSPS) is 10.9. The fourth-order valence-corrected chi connectivity index (χ4v) is 2.97. The van der Waals surface area contributed by atoms with Gasteiger partial charge in [-0.3, -0.25) is 9.59 Å². The van der Waals surface area contributed by atoms with Gasteiger partial charge in [0.05, 0.1) is 13.5 Å². The highest BCUT2D eigenvalue weighted by Crippen LogP contribution is 2.17. The molecule has 0 saturated carbocycles. The van der Waals surface area contributed by atoms with Crippen LogP contribution >= 0.6 is 11.6 Å². The molecule has 1 heterocycles. The molecule has 1 aromatic carbocycles. The molecule has 0 aliphatic rings. The average molecular weight is 404 g/mol. The molecule has 0 spiro atoms. The molecule has 28 heavy (non-hydrogen) atoms. The van der Waals surface area contributed by atoms with E-state index < -0.39 is 5.97 Å². The van der Waals surface area contributed by atoms with Crippen molar-refractivity contribution in [2.24, 2.45) is 0 Å². The number of carbonyl (C=O) groups is 3. The summed E-state index contributed by atoms with van der Waals surface area (Å²) in [5.74, 6) is -1.24. The Kier molecular flexibility index (Phi) is 7.58. The Morgan fingerprint density at radius 3 is 2.61 bits per heavy atom. The predicted molar refractivity (Wildman–Crippen MR) is 106 cm³/mol. The van der Waals surface area contributed by atoms with E-state index >= 15 is 0 Å². The summed E-state index contributed by atoms with van der Waals surface area (Å²) < 4.78 is 11.5. The Bertz CT molecular complexity index is 914. The molecule has 0 bridgehead atoms. The van der Waals surface area contributed by atoms with Crippen LogP contribution in [0.3, 0.4) is 0 Å². The molecule has 148 valence electrons. The topological polar surface area (TPSA) is 74.6 Å². The number of Topliss-reactive ketones (excluding diaryl/α,β-unsaturated/α-hetero) is 1. The highest BCUT2D eigenvalue weighted by atomic mass is 35.5. The number of halogens is 1. The van der Waals surface area contributed by atoms with Crippen LogP contribution in [-0.2, 0) is 25.6 Å². The Hall–Kier alpha value is -2.86. The summed E-state index contributed by atoms with van der Waals surface area (Å²) in [7, 11) is 1.34. The smallest absolute Gasteiger partial charge is 0.331 e. The molecule has 0 aliphatic heterocycles. The van der Waals surface area contributed by atoms with Gasteiger partial charge >= 0.3 is 11.9 Å². The van der Waals surface area contributed by atoms with E-state index in [0.29, 0.717) is 17.1 Å². The second-order valence-electron chi connectivity index (χ2n) is 6.18. The van der Waals surface area contributed by atoms with Crippen LogP contribution in [0.2, 0.25) is 5.02 Å². The van der Waals surface area contributed by atoms with E-state index in [1.54, 1.807) is 43.3 Å². The van der Waals surface area contributed by atoms with Crippen molar-refractivity contribution in [1.82, 2.24) is 4.57 Å². The van der Waals surface area contributed by atoms with Crippen molar-refractivity contribution in [3.63, 3.8) is 0 Å². The zero-order chi connectivity index (χ0) is 20.7. The van der Waals surface area contributed by atoms with Gasteiger partial charge in [-0.2, -0.15) is 0 Å². The lowest BCUT2D eigenvalue weighted by atomic mass is 10.1. The minimum absolute atomic E-state index is 0.212. The van der Waals surface area contributed by atoms with Gasteiger partial charge in [0.2, 0.25) is 5.78 Å². The number of carbonyl (C=O) groups excluding carboxylic acids is 3. The molecule has 6 nitrogen and oxygen atoms in total. The third-order valence-corrected chi connectivity index (χ3v) is 4.48. The molecule has 0 amide bonds. The lowest BCUT2D eigenvalue weighted by Gasteiger charge is -2.08. The van der Waals surface area contributed by atoms with E-state index in [1.807, 2.05) is 11.5 Å². The summed E-state index contributed by atoms with van der Waals surface area (Å²) in [5.41, 5.74) is 2.78. The van der Waals surface area contributed by atoms with E-state index in [2.05, 4.69) is 4.74 Å². The van der Waals surface area contributed by atoms with Crippen LogP contribution < -0.4 is 0 Å². The fourth-order valence-electron chi connectivity index (χ4n) is 2.77. The first-order chi connectivity index (χ1) is 13.3. The molecule has 0 aliphatic carbocycles. The largest absolute Gasteiger partial charge is 0.469 e. The SMILES string of the molecule is COC(=O)CCn1c(C)cc(C(=O)COC(=O)/C=C/c2cccc(Cl)c2)c1C. The van der Waals surface area contributed by atoms with Gasteiger partial charge in [-0.05, 0) is 43.7 Å². The number of esters is 2. The molecule has 2 aromatic rings. The molecule has 1 aromatic heterocycles. The third-order valence-electron chi connectivity index (χ3n) is 4.25. The third kappa shape index (κ3) is 5.82. The zero-order valence-electron chi connectivity index (χ0n) is 16.0. The van der Waals surface area contributed by atoms with Crippen LogP contribution in [-0.4, -0.2) is 36.0 Å². The monoisotopic (exact) mass is 403 g/mol. The van der Waals surface area contributed by atoms with Crippen molar-refractivity contribution in [1.29, 1.82) is 0 Å². The fraction of sp³-hybridized carbons (Fsp3) is 0.286. The Morgan fingerprint density at radius 1 is 1.18 bits per heavy atom. The van der Waals surface area contributed by atoms with Gasteiger partial charge in [0.1, 0.15) is 0 Å². The van der Waals surface area contributed by atoms with E-state index in [1.165, 1.54) is 13.2 Å². The maximum absolute atomic E-state index is 12.4. The first kappa shape index (κ1) is 21.4. The zero-order valence-corrected chi connectivity index (χ0v) is 16.8. The van der Waals surface area contributed by atoms with Crippen molar-refractivity contribution in [3.05, 3.63) is 63.9 Å². The summed E-state index contributed by atoms with van der Waals surface area (Å²) >= 11 is 5.89. The molecule has 0 N–H and O–H groups in total. The number of hydrogen-bond acceptors (Lipinski definition) is 5. The van der Waals surface area contributed by atoms with Crippen LogP contribution in [0.5, 0.6) is 0 Å². The van der Waals surface area contributed by atoms with Gasteiger partial charge in [-0.1, -0.05) is 23.7 Å². The summed E-state index contributed by atoms with van der Waals surface area (Å²) in [6.45, 7) is 3.69. The molecule has 0 radical (unpaired) electrons. The highest BCUT2D eigenvalue weighted by molar-refractivity contribution is 6.30. The first-order valence-electron chi connectivity index (χ1n) is 8.69. The van der Waals surface area contributed by atoms with Crippen LogP contribution in [0, 0.1) is 13.8 Å². The molecular formula is C21H22ClNO5. The number of ketones is 1. The number of benzene rings is 1. The first-order valence-corrected chi connectivity index (χ1v) is 9.06. The number of methoxy groups -OCH3 is 1. The summed E-state index contributed by atoms with van der Waals surface area (Å²) in [4.78, 5) is 35.6. The van der Waals surface area contributed by atoms with E-state index in [4.69, 9.17) is 16.3 Å². The summed E-state index contributed by atoms with van der Waals surface area (Å²) in [6, 6.07) is 8.73. The maximum atomic E-state index is 12.4. The lowest BCUT2D eigenvalue weighted by molar-refractivity contribution is -0.141. The molecule has 0 atom stereocenters. The number of aromatic nitrogens is 1. The van der Waals surface area contributed by atoms with Gasteiger partial charge < -0.3 is 14.0 Å². The van der Waals surface area contributed by atoms with Crippen molar-refractivity contribution < 1.29 is 23.9 Å². The second kappa shape index (κ2) is 9.90. The van der Waals surface area contributed by atoms with Crippen LogP contribution in [0.25, 0.3) is 6.08 Å². The van der Waals surface area contributed by atoms with Crippen molar-refractivity contribution in [3.8, 4) is 0 Å². The van der Waals surface area contributed by atoms with Crippen molar-refractivity contribution in [2.45, 2.75) is 26.8 Å². The Balaban J connectivity index is 1.95. The number of nitrogens with zero attached hydrogens (tertiary/aromatic N) is 1. The second-order valence-corrected chi connectivity index (χ2v) is 6.62. The van der Waals surface area contributed by atoms with Gasteiger partial charge in [0.25, 0.3) is 0 Å². The number of rotatable bonds is 8. The van der Waals surface area contributed by atoms with Gasteiger partial charge in [-0.25, -0.2) is 4.79 Å². The minimum Gasteiger partial charge on any atom is -0.469 e. The van der Waals surface area contributed by atoms with Crippen LogP contribution in [0.1, 0.15) is 33.7 Å². The van der Waals surface area contributed by atoms with Gasteiger partial charge in [-0.15, -0.1) is 0 Å². The molecule has 0 saturated heterocycles. The quantitative estimate of drug-likeness (QED) is 0.381. The van der Waals surface area contributed by atoms with Crippen LogP contribution in [0.15, 0.2) is 36.4 Å². The van der Waals surface area contributed by atoms with E-state index in [-0.39, 0.29) is 24.8 Å². The predicted octanol–water partition coefficient (Wildman–Crippen LogP) is 3.76. The Labute approximate surface area is 168 Å². The molecule has 0 fully saturated rings. The number of ether oxygens (including phenoxy) is 2. The number of hydrogen-bond donors (Lipinski definition) is 0. The number of aryl methyl sites for hydroxylation is 1. The molecule has 7 heteroatoms. The van der Waals surface area contributed by atoms with E-state index in [9.17, 15) is 14.4 Å². The minimum atomic E-state index is -0.618. The molecular weight excluding hydrogens is 382 g/mol. The van der Waals surface area contributed by atoms with Crippen molar-refractivity contribution in [2.75, 3.05) is 13.7 Å². The van der Waals surface area contributed by atoms with E-state index in [0.717, 1.165) is 17.0 Å². The highest BCUT2D eigenvalue weighted by Gasteiger charge is 2.17. The maximum Gasteiger partial charge on any atom is 0.331 e. The molecule has 2 rings (SSSR count). The standard InChI is InChI=1S/C21H22ClNO5/c1-14-11-18(15(2)23(14)10-9-20(25)27-3)19(24)13-28-21(26)8-7-16-5-4-6-17(22)12-16/h4-8,11-12H,9-10,13H2,1-3H3/b8-7+. The summed E-state index contributed by atoms with van der Waals surface area (Å²) in [6.07, 6.45) is 3.03. The Morgan fingerprint density at radius 2 is 1.93 bits per heavy atom.